The highest BCUT2D eigenvalue weighted by atomic mass is 79.9. The average molecular weight is 453 g/mol. The SMILES string of the molecule is O=C(NCCc1ccc(Br)cc1)c1ccc2c(c1)NC(=O)c1ccccc1S2. The van der Waals surface area contributed by atoms with Crippen LogP contribution in [0.15, 0.2) is 81.0 Å². The molecule has 2 amide bonds. The Morgan fingerprint density at radius 2 is 1.79 bits per heavy atom. The van der Waals surface area contributed by atoms with E-state index in [1.54, 1.807) is 18.2 Å². The minimum Gasteiger partial charge on any atom is -0.352 e. The summed E-state index contributed by atoms with van der Waals surface area (Å²) in [7, 11) is 0. The molecule has 4 nitrogen and oxygen atoms in total. The third-order valence-corrected chi connectivity index (χ3v) is 6.13. The fourth-order valence-electron chi connectivity index (χ4n) is 2.98. The van der Waals surface area contributed by atoms with Crippen LogP contribution in [0.25, 0.3) is 0 Å². The molecule has 3 aromatic rings. The van der Waals surface area contributed by atoms with Gasteiger partial charge >= 0.3 is 0 Å². The number of anilines is 1. The summed E-state index contributed by atoms with van der Waals surface area (Å²) in [6, 6.07) is 20.9. The van der Waals surface area contributed by atoms with Crippen LogP contribution in [0.3, 0.4) is 0 Å². The quantitative estimate of drug-likeness (QED) is 0.575. The van der Waals surface area contributed by atoms with Gasteiger partial charge in [-0.05, 0) is 54.4 Å². The summed E-state index contributed by atoms with van der Waals surface area (Å²) in [5, 5.41) is 5.86. The Labute approximate surface area is 175 Å². The van der Waals surface area contributed by atoms with Crippen molar-refractivity contribution in [1.29, 1.82) is 0 Å². The molecule has 28 heavy (non-hydrogen) atoms. The lowest BCUT2D eigenvalue weighted by atomic mass is 10.1. The predicted octanol–water partition coefficient (Wildman–Crippen LogP) is 5.14. The lowest BCUT2D eigenvalue weighted by Crippen LogP contribution is -2.25. The van der Waals surface area contributed by atoms with Crippen LogP contribution in [-0.2, 0) is 6.42 Å². The van der Waals surface area contributed by atoms with Gasteiger partial charge in [0.2, 0.25) is 0 Å². The van der Waals surface area contributed by atoms with Gasteiger partial charge in [-0.1, -0.05) is 52.0 Å². The summed E-state index contributed by atoms with van der Waals surface area (Å²) < 4.78 is 1.03. The normalized spacial score (nSPS) is 12.4. The summed E-state index contributed by atoms with van der Waals surface area (Å²) in [5.41, 5.74) is 2.99. The number of carbonyl (C=O) groups excluding carboxylic acids is 2. The Morgan fingerprint density at radius 3 is 2.61 bits per heavy atom. The number of fused-ring (bicyclic) bond motifs is 2. The molecule has 2 N–H and O–H groups in total. The van der Waals surface area contributed by atoms with E-state index in [2.05, 4.69) is 26.6 Å². The third-order valence-electron chi connectivity index (χ3n) is 4.45. The zero-order valence-electron chi connectivity index (χ0n) is 14.9. The third kappa shape index (κ3) is 4.13. The van der Waals surface area contributed by atoms with Gasteiger partial charge in [0, 0.05) is 26.4 Å². The highest BCUT2D eigenvalue weighted by Crippen LogP contribution is 2.38. The molecule has 1 aliphatic rings. The molecule has 0 saturated carbocycles. The first-order valence-corrected chi connectivity index (χ1v) is 10.5. The van der Waals surface area contributed by atoms with Gasteiger partial charge in [-0.2, -0.15) is 0 Å². The van der Waals surface area contributed by atoms with Gasteiger partial charge < -0.3 is 10.6 Å². The van der Waals surface area contributed by atoms with Crippen molar-refractivity contribution in [2.45, 2.75) is 16.2 Å². The van der Waals surface area contributed by atoms with Crippen molar-refractivity contribution < 1.29 is 9.59 Å². The van der Waals surface area contributed by atoms with Crippen molar-refractivity contribution in [3.05, 3.63) is 87.9 Å². The van der Waals surface area contributed by atoms with E-state index in [1.807, 2.05) is 48.5 Å². The van der Waals surface area contributed by atoms with Gasteiger partial charge in [0.25, 0.3) is 11.8 Å². The topological polar surface area (TPSA) is 58.2 Å². The average Bonchev–Trinajstić information content (AvgIpc) is 2.84. The molecule has 6 heteroatoms. The van der Waals surface area contributed by atoms with Crippen LogP contribution in [0.1, 0.15) is 26.3 Å². The number of rotatable bonds is 4. The maximum Gasteiger partial charge on any atom is 0.256 e. The molecule has 0 radical (unpaired) electrons. The molecule has 1 aliphatic heterocycles. The number of amides is 2. The lowest BCUT2D eigenvalue weighted by molar-refractivity contribution is 0.0952. The van der Waals surface area contributed by atoms with Crippen molar-refractivity contribution in [2.75, 3.05) is 11.9 Å². The van der Waals surface area contributed by atoms with Crippen LogP contribution in [0.4, 0.5) is 5.69 Å². The number of halogens is 1. The Bertz CT molecular complexity index is 1050. The van der Waals surface area contributed by atoms with Crippen molar-refractivity contribution in [1.82, 2.24) is 5.32 Å². The fourth-order valence-corrected chi connectivity index (χ4v) is 4.26. The summed E-state index contributed by atoms with van der Waals surface area (Å²) >= 11 is 4.94. The largest absolute Gasteiger partial charge is 0.352 e. The lowest BCUT2D eigenvalue weighted by Gasteiger charge is -2.10. The number of carbonyl (C=O) groups is 2. The summed E-state index contributed by atoms with van der Waals surface area (Å²) in [4.78, 5) is 26.8. The fraction of sp³-hybridized carbons (Fsp3) is 0.0909. The van der Waals surface area contributed by atoms with Crippen molar-refractivity contribution in [3.8, 4) is 0 Å². The Morgan fingerprint density at radius 1 is 1.00 bits per heavy atom. The van der Waals surface area contributed by atoms with Crippen LogP contribution in [0, 0.1) is 0 Å². The number of hydrogen-bond donors (Lipinski definition) is 2. The minimum atomic E-state index is -0.158. The van der Waals surface area contributed by atoms with Gasteiger partial charge in [-0.3, -0.25) is 9.59 Å². The second-order valence-corrected chi connectivity index (χ2v) is 8.40. The van der Waals surface area contributed by atoms with Crippen molar-refractivity contribution in [3.63, 3.8) is 0 Å². The first kappa shape index (κ1) is 18.8. The van der Waals surface area contributed by atoms with Crippen molar-refractivity contribution >= 4 is 45.2 Å². The first-order valence-electron chi connectivity index (χ1n) is 8.85. The Kier molecular flexibility index (Phi) is 5.50. The number of benzene rings is 3. The first-order chi connectivity index (χ1) is 13.6. The summed E-state index contributed by atoms with van der Waals surface area (Å²) in [6.45, 7) is 0.546. The van der Waals surface area contributed by atoms with Crippen LogP contribution in [-0.4, -0.2) is 18.4 Å². The van der Waals surface area contributed by atoms with Crippen LogP contribution in [0.2, 0.25) is 0 Å². The van der Waals surface area contributed by atoms with E-state index in [9.17, 15) is 9.59 Å². The number of nitrogens with one attached hydrogen (secondary N) is 2. The highest BCUT2D eigenvalue weighted by molar-refractivity contribution is 9.10. The summed E-state index contributed by atoms with van der Waals surface area (Å²) in [5.74, 6) is -0.310. The predicted molar refractivity (Wildman–Crippen MR) is 115 cm³/mol. The van der Waals surface area contributed by atoms with E-state index in [1.165, 1.54) is 11.8 Å². The second kappa shape index (κ2) is 8.20. The van der Waals surface area contributed by atoms with E-state index in [0.717, 1.165) is 26.2 Å². The molecule has 0 fully saturated rings. The maximum atomic E-state index is 12.5. The number of hydrogen-bond acceptors (Lipinski definition) is 3. The Hall–Kier alpha value is -2.57. The van der Waals surface area contributed by atoms with Crippen LogP contribution >= 0.6 is 27.7 Å². The molecule has 0 atom stereocenters. The molecule has 0 saturated heterocycles. The Balaban J connectivity index is 1.45. The monoisotopic (exact) mass is 452 g/mol. The zero-order chi connectivity index (χ0) is 19.5. The molecule has 1 heterocycles. The summed E-state index contributed by atoms with van der Waals surface area (Å²) in [6.07, 6.45) is 0.756. The van der Waals surface area contributed by atoms with E-state index in [-0.39, 0.29) is 11.8 Å². The van der Waals surface area contributed by atoms with E-state index in [4.69, 9.17) is 0 Å². The van der Waals surface area contributed by atoms with E-state index in [0.29, 0.717) is 23.4 Å². The van der Waals surface area contributed by atoms with Crippen LogP contribution in [0.5, 0.6) is 0 Å². The smallest absolute Gasteiger partial charge is 0.256 e. The van der Waals surface area contributed by atoms with Gasteiger partial charge in [0.1, 0.15) is 0 Å². The molecule has 0 aliphatic carbocycles. The molecular weight excluding hydrogens is 436 g/mol. The molecule has 140 valence electrons. The highest BCUT2D eigenvalue weighted by Gasteiger charge is 2.20. The van der Waals surface area contributed by atoms with E-state index < -0.39 is 0 Å². The minimum absolute atomic E-state index is 0.152. The van der Waals surface area contributed by atoms with Gasteiger partial charge in [-0.15, -0.1) is 0 Å². The van der Waals surface area contributed by atoms with Gasteiger partial charge in [0.05, 0.1) is 11.3 Å². The standard InChI is InChI=1S/C22H17BrN2O2S/c23-16-8-5-14(6-9-16)11-12-24-21(26)15-7-10-20-18(13-15)25-22(27)17-3-1-2-4-19(17)28-20/h1-10,13H,11-12H2,(H,24,26)(H,25,27). The van der Waals surface area contributed by atoms with Crippen LogP contribution < -0.4 is 10.6 Å². The van der Waals surface area contributed by atoms with Gasteiger partial charge in [-0.25, -0.2) is 0 Å². The zero-order valence-corrected chi connectivity index (χ0v) is 17.3. The molecule has 0 unspecified atom stereocenters. The van der Waals surface area contributed by atoms with E-state index >= 15 is 0 Å². The second-order valence-electron chi connectivity index (χ2n) is 6.40. The molecule has 0 aromatic heterocycles. The molecule has 3 aromatic carbocycles. The van der Waals surface area contributed by atoms with Gasteiger partial charge in [0.15, 0.2) is 0 Å². The van der Waals surface area contributed by atoms with Crippen molar-refractivity contribution in [2.24, 2.45) is 0 Å². The maximum absolute atomic E-state index is 12.5. The molecule has 4 rings (SSSR count). The molecular formula is C22H17BrN2O2S. The molecule has 0 bridgehead atoms. The molecule has 0 spiro atoms.